The summed E-state index contributed by atoms with van der Waals surface area (Å²) in [6, 6.07) is 41.2. The zero-order chi connectivity index (χ0) is 39.4. The first-order valence-electron chi connectivity index (χ1n) is 19.9. The second kappa shape index (κ2) is 16.5. The first kappa shape index (κ1) is 37.0. The van der Waals surface area contributed by atoms with Crippen LogP contribution in [0.15, 0.2) is 140 Å². The first-order chi connectivity index (χ1) is 28.6. The van der Waals surface area contributed by atoms with Crippen LogP contribution in [-0.2, 0) is 37.3 Å². The largest absolute Gasteiger partial charge is 0.489 e. The summed E-state index contributed by atoms with van der Waals surface area (Å²) < 4.78 is 26.1. The van der Waals surface area contributed by atoms with Crippen molar-refractivity contribution in [3.05, 3.63) is 174 Å². The van der Waals surface area contributed by atoms with E-state index in [4.69, 9.17) is 18.9 Å². The number of ether oxygens (including phenoxy) is 4. The molecule has 1 aromatic heterocycles. The van der Waals surface area contributed by atoms with Crippen molar-refractivity contribution in [3.63, 3.8) is 0 Å². The van der Waals surface area contributed by atoms with Crippen molar-refractivity contribution in [1.29, 1.82) is 0 Å². The van der Waals surface area contributed by atoms with Crippen LogP contribution >= 0.6 is 0 Å². The number of nitrogens with zero attached hydrogens (tertiary/aromatic N) is 3. The van der Waals surface area contributed by atoms with Crippen LogP contribution in [0.25, 0.3) is 11.3 Å². The fraction of sp³-hybridized carbons (Fsp3) is 0.224. The van der Waals surface area contributed by atoms with E-state index in [1.807, 2.05) is 120 Å². The van der Waals surface area contributed by atoms with E-state index in [0.29, 0.717) is 73.3 Å². The summed E-state index contributed by atoms with van der Waals surface area (Å²) in [5.41, 5.74) is 8.41. The van der Waals surface area contributed by atoms with E-state index in [1.54, 1.807) is 11.0 Å². The predicted molar refractivity (Wildman–Crippen MR) is 224 cm³/mol. The number of fused-ring (bicyclic) bond motifs is 3. The lowest BCUT2D eigenvalue weighted by atomic mass is 9.92. The SMILES string of the molecule is C=CCOC[C@@H]1Cc2ccccc2CN1C(=O)c1cc2c(cc1-c1cc(C(=O)N(c3ccccc3)c3ccc(OCc4ccccc4)cc3)c3n1CCCC3)OCO2. The normalized spacial score (nSPS) is 15.3. The van der Waals surface area contributed by atoms with Gasteiger partial charge in [-0.05, 0) is 97.0 Å². The van der Waals surface area contributed by atoms with Gasteiger partial charge in [-0.1, -0.05) is 78.9 Å². The van der Waals surface area contributed by atoms with E-state index in [9.17, 15) is 0 Å². The monoisotopic (exact) mass is 771 g/mol. The third-order valence-electron chi connectivity index (χ3n) is 11.2. The minimum Gasteiger partial charge on any atom is -0.489 e. The van der Waals surface area contributed by atoms with Gasteiger partial charge >= 0.3 is 0 Å². The molecule has 0 bridgehead atoms. The number of para-hydroxylation sites is 1. The Morgan fingerprint density at radius 2 is 1.50 bits per heavy atom. The third-order valence-corrected chi connectivity index (χ3v) is 11.2. The maximum Gasteiger partial charge on any atom is 0.264 e. The Morgan fingerprint density at radius 3 is 2.28 bits per heavy atom. The van der Waals surface area contributed by atoms with E-state index < -0.39 is 0 Å². The summed E-state index contributed by atoms with van der Waals surface area (Å²) in [5.74, 6) is 1.53. The average Bonchev–Trinajstić information content (AvgIpc) is 3.91. The summed E-state index contributed by atoms with van der Waals surface area (Å²) in [7, 11) is 0. The maximum absolute atomic E-state index is 15.1. The summed E-state index contributed by atoms with van der Waals surface area (Å²) >= 11 is 0. The molecular formula is C49H45N3O6. The molecule has 0 N–H and O–H groups in total. The molecule has 0 saturated carbocycles. The predicted octanol–water partition coefficient (Wildman–Crippen LogP) is 9.55. The van der Waals surface area contributed by atoms with Gasteiger partial charge in [-0.25, -0.2) is 0 Å². The highest BCUT2D eigenvalue weighted by molar-refractivity contribution is 6.12. The Labute approximate surface area is 338 Å². The van der Waals surface area contributed by atoms with Crippen LogP contribution in [0.5, 0.6) is 17.2 Å². The summed E-state index contributed by atoms with van der Waals surface area (Å²) in [6.07, 6.45) is 5.04. The van der Waals surface area contributed by atoms with Gasteiger partial charge in [-0.2, -0.15) is 0 Å². The van der Waals surface area contributed by atoms with Crippen LogP contribution in [-0.4, -0.2) is 47.3 Å². The van der Waals surface area contributed by atoms with Gasteiger partial charge in [0.1, 0.15) is 12.4 Å². The number of aromatic nitrogens is 1. The smallest absolute Gasteiger partial charge is 0.264 e. The first-order valence-corrected chi connectivity index (χ1v) is 19.9. The molecule has 3 aliphatic heterocycles. The van der Waals surface area contributed by atoms with Crippen molar-refractivity contribution in [2.75, 3.05) is 24.9 Å². The highest BCUT2D eigenvalue weighted by Crippen LogP contribution is 2.43. The highest BCUT2D eigenvalue weighted by Gasteiger charge is 2.35. The number of anilines is 2. The van der Waals surface area contributed by atoms with Crippen molar-refractivity contribution in [3.8, 4) is 28.5 Å². The second-order valence-electron chi connectivity index (χ2n) is 14.9. The number of benzene rings is 5. The van der Waals surface area contributed by atoms with Crippen molar-refractivity contribution < 1.29 is 28.5 Å². The van der Waals surface area contributed by atoms with Gasteiger partial charge in [0.05, 0.1) is 30.4 Å². The fourth-order valence-corrected chi connectivity index (χ4v) is 8.34. The van der Waals surface area contributed by atoms with Crippen LogP contribution < -0.4 is 19.1 Å². The van der Waals surface area contributed by atoms with Crippen molar-refractivity contribution in [2.45, 2.75) is 51.4 Å². The van der Waals surface area contributed by atoms with Gasteiger partial charge in [0.25, 0.3) is 11.8 Å². The van der Waals surface area contributed by atoms with Gasteiger partial charge < -0.3 is 28.4 Å². The van der Waals surface area contributed by atoms with Gasteiger partial charge in [0, 0.05) is 41.4 Å². The van der Waals surface area contributed by atoms with Crippen molar-refractivity contribution in [1.82, 2.24) is 9.47 Å². The molecule has 0 spiro atoms. The molecule has 1 atom stereocenters. The van der Waals surface area contributed by atoms with E-state index in [1.165, 1.54) is 5.56 Å². The average molecular weight is 772 g/mol. The Hall–Kier alpha value is -6.58. The van der Waals surface area contributed by atoms with Crippen LogP contribution in [0.2, 0.25) is 0 Å². The lowest BCUT2D eigenvalue weighted by molar-refractivity contribution is 0.0425. The topological polar surface area (TPSA) is 82.5 Å². The van der Waals surface area contributed by atoms with Gasteiger partial charge in [0.15, 0.2) is 11.5 Å². The lowest BCUT2D eigenvalue weighted by Gasteiger charge is -2.37. The van der Waals surface area contributed by atoms with E-state index in [2.05, 4.69) is 23.3 Å². The van der Waals surface area contributed by atoms with E-state index in [-0.39, 0.29) is 24.6 Å². The number of hydrogen-bond donors (Lipinski definition) is 0. The highest BCUT2D eigenvalue weighted by atomic mass is 16.7. The molecule has 2 amide bonds. The quantitative estimate of drug-likeness (QED) is 0.0911. The standard InChI is InChI=1S/C49H45N3O6/c1-2-25-55-32-39-26-35-15-9-10-16-36(35)30-51(39)48(53)42-29-47-46(57-33-58-47)28-41(42)45-27-43(44-19-11-12-24-50(44)45)49(54)52(37-17-7-4-8-18-37)38-20-22-40(23-21-38)56-31-34-13-5-3-6-14-34/h2-10,13-18,20-23,27-29,39H,1,11-12,19,24-26,30-33H2/t39-/m0/s1. The summed E-state index contributed by atoms with van der Waals surface area (Å²) in [4.78, 5) is 33.9. The molecule has 3 aliphatic rings. The van der Waals surface area contributed by atoms with Crippen molar-refractivity contribution in [2.24, 2.45) is 0 Å². The summed E-state index contributed by atoms with van der Waals surface area (Å²) in [6.45, 7) is 6.26. The zero-order valence-electron chi connectivity index (χ0n) is 32.3. The molecule has 9 heteroatoms. The Morgan fingerprint density at radius 1 is 0.793 bits per heavy atom. The van der Waals surface area contributed by atoms with Crippen LogP contribution in [0.1, 0.15) is 55.9 Å². The molecule has 9 rings (SSSR count). The number of carbonyl (C=O) groups is 2. The molecule has 9 nitrogen and oxygen atoms in total. The molecule has 0 fully saturated rings. The lowest BCUT2D eigenvalue weighted by Crippen LogP contribution is -2.47. The van der Waals surface area contributed by atoms with Crippen LogP contribution in [0.3, 0.4) is 0 Å². The van der Waals surface area contributed by atoms with Gasteiger partial charge in [-0.3, -0.25) is 14.5 Å². The minimum atomic E-state index is -0.187. The maximum atomic E-state index is 15.1. The second-order valence-corrected chi connectivity index (χ2v) is 14.9. The minimum absolute atomic E-state index is 0.0691. The van der Waals surface area contributed by atoms with E-state index >= 15 is 9.59 Å². The summed E-state index contributed by atoms with van der Waals surface area (Å²) in [5, 5.41) is 0. The molecule has 58 heavy (non-hydrogen) atoms. The molecule has 5 aromatic carbocycles. The van der Waals surface area contributed by atoms with Gasteiger partial charge in [-0.15, -0.1) is 6.58 Å². The Balaban J connectivity index is 1.10. The molecule has 292 valence electrons. The number of hydrogen-bond acceptors (Lipinski definition) is 6. The van der Waals surface area contributed by atoms with Gasteiger partial charge in [0.2, 0.25) is 6.79 Å². The molecule has 4 heterocycles. The van der Waals surface area contributed by atoms with Crippen molar-refractivity contribution >= 4 is 23.2 Å². The molecule has 0 radical (unpaired) electrons. The molecule has 6 aromatic rings. The molecule has 0 aliphatic carbocycles. The number of rotatable bonds is 12. The Kier molecular flexibility index (Phi) is 10.5. The number of carbonyl (C=O) groups excluding carboxylic acids is 2. The third kappa shape index (κ3) is 7.37. The molecule has 0 unspecified atom stereocenters. The number of amides is 2. The fourth-order valence-electron chi connectivity index (χ4n) is 8.34. The van der Waals surface area contributed by atoms with E-state index in [0.717, 1.165) is 53.2 Å². The van der Waals surface area contributed by atoms with Crippen LogP contribution in [0, 0.1) is 0 Å². The van der Waals surface area contributed by atoms with Crippen LogP contribution in [0.4, 0.5) is 11.4 Å². The molecule has 0 saturated heterocycles. The molecular weight excluding hydrogens is 727 g/mol. The zero-order valence-corrected chi connectivity index (χ0v) is 32.3. The Bertz CT molecular complexity index is 2440.